The van der Waals surface area contributed by atoms with Crippen LogP contribution in [0.1, 0.15) is 67.2 Å². The van der Waals surface area contributed by atoms with Crippen molar-refractivity contribution >= 4 is 17.6 Å². The van der Waals surface area contributed by atoms with E-state index >= 15 is 0 Å². The van der Waals surface area contributed by atoms with Gasteiger partial charge in [-0.05, 0) is 75.7 Å². The lowest BCUT2D eigenvalue weighted by Gasteiger charge is -2.32. The third-order valence-corrected chi connectivity index (χ3v) is 6.04. The van der Waals surface area contributed by atoms with E-state index in [2.05, 4.69) is 38.2 Å². The van der Waals surface area contributed by atoms with Crippen LogP contribution in [0.2, 0.25) is 0 Å². The number of hydrogen-bond acceptors (Lipinski definition) is 5. The number of phenols is 1. The Morgan fingerprint density at radius 1 is 1.19 bits per heavy atom. The van der Waals surface area contributed by atoms with Crippen molar-refractivity contribution in [3.63, 3.8) is 0 Å². The largest absolute Gasteiger partial charge is 0.508 e. The zero-order chi connectivity index (χ0) is 26.9. The van der Waals surface area contributed by atoms with Crippen molar-refractivity contribution < 1.29 is 24.5 Å². The number of rotatable bonds is 9. The van der Waals surface area contributed by atoms with Gasteiger partial charge in [0, 0.05) is 12.1 Å². The molecule has 0 aliphatic heterocycles. The predicted octanol–water partition coefficient (Wildman–Crippen LogP) is 6.54. The van der Waals surface area contributed by atoms with E-state index in [1.807, 2.05) is 32.1 Å². The van der Waals surface area contributed by atoms with Crippen molar-refractivity contribution in [2.45, 2.75) is 73.3 Å². The van der Waals surface area contributed by atoms with Crippen LogP contribution < -0.4 is 10.1 Å². The second kappa shape index (κ2) is 13.1. The predicted molar refractivity (Wildman–Crippen MR) is 145 cm³/mol. The molecule has 3 N–H and O–H groups in total. The van der Waals surface area contributed by atoms with Crippen LogP contribution in [-0.4, -0.2) is 28.2 Å². The smallest absolute Gasteiger partial charge is 0.313 e. The van der Waals surface area contributed by atoms with E-state index in [0.29, 0.717) is 0 Å². The van der Waals surface area contributed by atoms with E-state index in [1.165, 1.54) is 55.2 Å². The highest BCUT2D eigenvalue weighted by atomic mass is 16.5. The maximum atomic E-state index is 12.5. The van der Waals surface area contributed by atoms with E-state index in [-0.39, 0.29) is 29.0 Å². The number of phenolic OH excluding ortho intramolecular Hbond substituents is 1. The van der Waals surface area contributed by atoms with Crippen molar-refractivity contribution in [1.82, 2.24) is 0 Å². The first-order chi connectivity index (χ1) is 16.9. The molecule has 0 radical (unpaired) electrons. The van der Waals surface area contributed by atoms with Gasteiger partial charge in [-0.25, -0.2) is 0 Å². The van der Waals surface area contributed by atoms with Crippen molar-refractivity contribution in [3.05, 3.63) is 76.9 Å². The maximum Gasteiger partial charge on any atom is 0.313 e. The first-order valence-electron chi connectivity index (χ1n) is 12.3. The number of ether oxygens (including phenoxy) is 1. The highest BCUT2D eigenvalue weighted by Crippen LogP contribution is 2.40. The maximum absolute atomic E-state index is 12.5. The van der Waals surface area contributed by atoms with E-state index in [9.17, 15) is 19.8 Å². The van der Waals surface area contributed by atoms with Crippen LogP contribution in [0.25, 0.3) is 0 Å². The quantitative estimate of drug-likeness (QED) is 0.119. The Bertz CT molecular complexity index is 1120. The number of aliphatic hydroxyl groups is 1. The molecule has 0 heterocycles. The standard InChI is InChI=1S/C30H39NO5/c1-20(12-14-25-22(3)11-8-16-30(25,5)6)9-7-10-21(2)17-28(34)31-26-15-13-24(33)19-27(26)36-29(35)18-23(4)32/h7,9-10,12-15,17,19,23,32-33H,8,11,16,18H2,1-6H3,(H,31,34)/b10-7+,14-12+,20-9+,21-17+. The molecule has 0 saturated carbocycles. The lowest BCUT2D eigenvalue weighted by molar-refractivity contribution is -0.136. The SMILES string of the molecule is CC1=C(/C=C/C(C)=C/C=C/C(C)=C/C(=O)Nc2ccc(O)cc2OC(=O)CC(C)O)C(C)(C)CCC1. The molecular formula is C30H39NO5. The van der Waals surface area contributed by atoms with Crippen molar-refractivity contribution in [2.75, 3.05) is 5.32 Å². The Morgan fingerprint density at radius 3 is 2.58 bits per heavy atom. The highest BCUT2D eigenvalue weighted by Gasteiger charge is 2.26. The van der Waals surface area contributed by atoms with Gasteiger partial charge in [0.05, 0.1) is 18.2 Å². The van der Waals surface area contributed by atoms with E-state index < -0.39 is 18.0 Å². The number of carbonyl (C=O) groups excluding carboxylic acids is 2. The summed E-state index contributed by atoms with van der Waals surface area (Å²) in [4.78, 5) is 24.4. The first-order valence-corrected chi connectivity index (χ1v) is 12.3. The van der Waals surface area contributed by atoms with Crippen LogP contribution in [0.3, 0.4) is 0 Å². The fourth-order valence-corrected chi connectivity index (χ4v) is 4.16. The molecule has 0 saturated heterocycles. The third-order valence-electron chi connectivity index (χ3n) is 6.04. The summed E-state index contributed by atoms with van der Waals surface area (Å²) in [5, 5.41) is 21.7. The molecule has 1 aliphatic carbocycles. The zero-order valence-electron chi connectivity index (χ0n) is 22.2. The molecule has 6 nitrogen and oxygen atoms in total. The number of amides is 1. The van der Waals surface area contributed by atoms with Gasteiger partial charge in [0.2, 0.25) is 5.91 Å². The van der Waals surface area contributed by atoms with Gasteiger partial charge in [-0.3, -0.25) is 9.59 Å². The summed E-state index contributed by atoms with van der Waals surface area (Å²) in [7, 11) is 0. The number of hydrogen-bond donors (Lipinski definition) is 3. The second-order valence-corrected chi connectivity index (χ2v) is 10.1. The minimum atomic E-state index is -0.862. The average Bonchev–Trinajstić information content (AvgIpc) is 2.74. The second-order valence-electron chi connectivity index (χ2n) is 10.1. The molecule has 0 aromatic heterocycles. The Morgan fingerprint density at radius 2 is 1.92 bits per heavy atom. The summed E-state index contributed by atoms with van der Waals surface area (Å²) in [5.41, 5.74) is 5.17. The molecule has 1 atom stereocenters. The molecule has 0 fully saturated rings. The fraction of sp³-hybridized carbons (Fsp3) is 0.400. The van der Waals surface area contributed by atoms with Gasteiger partial charge in [-0.2, -0.15) is 0 Å². The highest BCUT2D eigenvalue weighted by molar-refractivity contribution is 6.01. The number of benzene rings is 1. The Balaban J connectivity index is 2.03. The van der Waals surface area contributed by atoms with Crippen LogP contribution >= 0.6 is 0 Å². The average molecular weight is 494 g/mol. The summed E-state index contributed by atoms with van der Waals surface area (Å²) in [6.07, 6.45) is 14.1. The molecule has 0 spiro atoms. The lowest BCUT2D eigenvalue weighted by Crippen LogP contribution is -2.19. The van der Waals surface area contributed by atoms with Gasteiger partial charge in [-0.15, -0.1) is 0 Å². The van der Waals surface area contributed by atoms with Gasteiger partial charge in [0.25, 0.3) is 0 Å². The summed E-state index contributed by atoms with van der Waals surface area (Å²) >= 11 is 0. The number of aliphatic hydroxyl groups excluding tert-OH is 1. The van der Waals surface area contributed by atoms with Crippen LogP contribution in [0.15, 0.2) is 76.9 Å². The summed E-state index contributed by atoms with van der Waals surface area (Å²) in [5.74, 6) is -1.18. The molecule has 1 aromatic carbocycles. The van der Waals surface area contributed by atoms with Crippen LogP contribution in [0.4, 0.5) is 5.69 Å². The number of nitrogens with one attached hydrogen (secondary N) is 1. The Hall–Kier alpha value is -3.38. The summed E-state index contributed by atoms with van der Waals surface area (Å²) in [6.45, 7) is 12.1. The van der Waals surface area contributed by atoms with E-state index in [1.54, 1.807) is 0 Å². The van der Waals surface area contributed by atoms with Gasteiger partial charge >= 0.3 is 5.97 Å². The number of aromatic hydroxyl groups is 1. The summed E-state index contributed by atoms with van der Waals surface area (Å²) in [6, 6.07) is 4.06. The van der Waals surface area contributed by atoms with E-state index in [0.717, 1.165) is 17.6 Å². The number of allylic oxidation sites excluding steroid dienone is 9. The van der Waals surface area contributed by atoms with Crippen molar-refractivity contribution in [2.24, 2.45) is 5.41 Å². The zero-order valence-corrected chi connectivity index (χ0v) is 22.2. The number of carbonyl (C=O) groups is 2. The lowest BCUT2D eigenvalue weighted by atomic mass is 9.72. The van der Waals surface area contributed by atoms with E-state index in [4.69, 9.17) is 4.74 Å². The molecule has 2 rings (SSSR count). The third kappa shape index (κ3) is 9.34. The molecule has 1 amide bonds. The van der Waals surface area contributed by atoms with Gasteiger partial charge in [0.15, 0.2) is 5.75 Å². The van der Waals surface area contributed by atoms with Crippen LogP contribution in [0, 0.1) is 5.41 Å². The molecule has 1 aliphatic rings. The molecule has 194 valence electrons. The molecule has 1 aromatic rings. The number of esters is 1. The summed E-state index contributed by atoms with van der Waals surface area (Å²) < 4.78 is 5.19. The van der Waals surface area contributed by atoms with Crippen molar-refractivity contribution in [3.8, 4) is 11.5 Å². The number of anilines is 1. The molecule has 36 heavy (non-hydrogen) atoms. The minimum Gasteiger partial charge on any atom is -0.508 e. The molecule has 1 unspecified atom stereocenters. The van der Waals surface area contributed by atoms with Gasteiger partial charge in [-0.1, -0.05) is 55.4 Å². The molecular weight excluding hydrogens is 454 g/mol. The van der Waals surface area contributed by atoms with Crippen molar-refractivity contribution in [1.29, 1.82) is 0 Å². The monoisotopic (exact) mass is 493 g/mol. The topological polar surface area (TPSA) is 95.9 Å². The van der Waals surface area contributed by atoms with Gasteiger partial charge in [0.1, 0.15) is 5.75 Å². The Kier molecular flexibility index (Phi) is 10.5. The molecule has 6 heteroatoms. The minimum absolute atomic E-state index is 0.00688. The normalized spacial score (nSPS) is 17.5. The molecule has 0 bridgehead atoms. The first kappa shape index (κ1) is 28.9. The van der Waals surface area contributed by atoms with Gasteiger partial charge < -0.3 is 20.3 Å². The van der Waals surface area contributed by atoms with Crippen LogP contribution in [-0.2, 0) is 9.59 Å². The Labute approximate surface area is 214 Å². The fourth-order valence-electron chi connectivity index (χ4n) is 4.16. The van der Waals surface area contributed by atoms with Crippen LogP contribution in [0.5, 0.6) is 11.5 Å².